The van der Waals surface area contributed by atoms with Gasteiger partial charge in [-0.3, -0.25) is 0 Å². The normalized spacial score (nSPS) is 12.0. The van der Waals surface area contributed by atoms with Gasteiger partial charge in [0.25, 0.3) is 0 Å². The van der Waals surface area contributed by atoms with Gasteiger partial charge in [-0.05, 0) is 25.1 Å². The van der Waals surface area contributed by atoms with E-state index in [1.807, 2.05) is 6.92 Å². The van der Waals surface area contributed by atoms with Gasteiger partial charge in [-0.1, -0.05) is 0 Å². The lowest BCUT2D eigenvalue weighted by molar-refractivity contribution is 0.468. The molecular weight excluding hydrogens is 301 g/mol. The summed E-state index contributed by atoms with van der Waals surface area (Å²) in [5, 5.41) is 0. The lowest BCUT2D eigenvalue weighted by Gasteiger charge is -2.17. The fourth-order valence-electron chi connectivity index (χ4n) is 1.68. The molecule has 2 N–H and O–H groups in total. The number of nitrogens with two attached hydrogens (primary N) is 1. The molecule has 108 valence electrons. The summed E-state index contributed by atoms with van der Waals surface area (Å²) >= 11 is 1.38. The molecule has 2 aromatic rings. The third-order valence-corrected chi connectivity index (χ3v) is 5.51. The first-order valence-electron chi connectivity index (χ1n) is 5.72. The molecule has 0 fully saturated rings. The van der Waals surface area contributed by atoms with Crippen molar-refractivity contribution in [2.45, 2.75) is 18.4 Å². The van der Waals surface area contributed by atoms with Gasteiger partial charge in [0.05, 0.1) is 16.1 Å². The highest BCUT2D eigenvalue weighted by molar-refractivity contribution is 7.89. The van der Waals surface area contributed by atoms with Gasteiger partial charge in [0.2, 0.25) is 10.0 Å². The van der Waals surface area contributed by atoms with Crippen molar-refractivity contribution in [3.8, 4) is 0 Å². The fraction of sp³-hybridized carbons (Fsp3) is 0.250. The first-order chi connectivity index (χ1) is 9.30. The molecule has 8 heteroatoms. The van der Waals surface area contributed by atoms with Crippen LogP contribution in [0.3, 0.4) is 0 Å². The van der Waals surface area contributed by atoms with Crippen LogP contribution in [0.5, 0.6) is 0 Å². The van der Waals surface area contributed by atoms with Gasteiger partial charge in [-0.2, -0.15) is 4.31 Å². The van der Waals surface area contributed by atoms with Crippen LogP contribution >= 0.6 is 11.3 Å². The van der Waals surface area contributed by atoms with Gasteiger partial charge in [0.1, 0.15) is 5.82 Å². The van der Waals surface area contributed by atoms with Crippen molar-refractivity contribution in [2.75, 3.05) is 12.8 Å². The van der Waals surface area contributed by atoms with Crippen LogP contribution in [0, 0.1) is 12.7 Å². The Morgan fingerprint density at radius 1 is 1.40 bits per heavy atom. The number of rotatable bonds is 4. The molecule has 0 saturated heterocycles. The minimum absolute atomic E-state index is 0.0749. The molecule has 1 aromatic heterocycles. The Labute approximate surface area is 120 Å². The average Bonchev–Trinajstić information content (AvgIpc) is 2.73. The predicted molar refractivity (Wildman–Crippen MR) is 76.3 cm³/mol. The Kier molecular flexibility index (Phi) is 4.07. The third-order valence-electron chi connectivity index (χ3n) is 2.81. The summed E-state index contributed by atoms with van der Waals surface area (Å²) in [4.78, 5) is 4.76. The van der Waals surface area contributed by atoms with Crippen LogP contribution < -0.4 is 5.73 Å². The topological polar surface area (TPSA) is 76.3 Å². The van der Waals surface area contributed by atoms with Crippen molar-refractivity contribution in [2.24, 2.45) is 0 Å². The fourth-order valence-corrected chi connectivity index (χ4v) is 3.80. The van der Waals surface area contributed by atoms with Crippen molar-refractivity contribution in [1.82, 2.24) is 9.29 Å². The standard InChI is InChI=1S/C12H14FN3O2S2/c1-8-12(19-7-15-8)6-16(2)20(17,18)11-4-9(13)3-10(14)5-11/h3-5,7H,6,14H2,1-2H3. The van der Waals surface area contributed by atoms with Gasteiger partial charge >= 0.3 is 0 Å². The molecule has 0 radical (unpaired) electrons. The van der Waals surface area contributed by atoms with E-state index in [1.54, 1.807) is 5.51 Å². The molecule has 1 aromatic carbocycles. The number of sulfonamides is 1. The summed E-state index contributed by atoms with van der Waals surface area (Å²) in [5.74, 6) is -0.675. The Morgan fingerprint density at radius 3 is 2.65 bits per heavy atom. The molecule has 0 aliphatic rings. The zero-order valence-corrected chi connectivity index (χ0v) is 12.6. The molecule has 0 atom stereocenters. The molecule has 1 heterocycles. The van der Waals surface area contributed by atoms with Gasteiger partial charge < -0.3 is 5.73 Å². The molecule has 0 unspecified atom stereocenters. The summed E-state index contributed by atoms with van der Waals surface area (Å²) in [6.07, 6.45) is 0. The van der Waals surface area contributed by atoms with E-state index in [-0.39, 0.29) is 17.1 Å². The van der Waals surface area contributed by atoms with Crippen molar-refractivity contribution in [3.63, 3.8) is 0 Å². The lowest BCUT2D eigenvalue weighted by Crippen LogP contribution is -2.26. The van der Waals surface area contributed by atoms with E-state index in [2.05, 4.69) is 4.98 Å². The number of halogens is 1. The minimum Gasteiger partial charge on any atom is -0.399 e. The zero-order chi connectivity index (χ0) is 14.9. The summed E-state index contributed by atoms with van der Waals surface area (Å²) in [6.45, 7) is 2.00. The van der Waals surface area contributed by atoms with Crippen LogP contribution in [-0.2, 0) is 16.6 Å². The second-order valence-electron chi connectivity index (χ2n) is 4.34. The highest BCUT2D eigenvalue weighted by Gasteiger charge is 2.23. The summed E-state index contributed by atoms with van der Waals surface area (Å²) in [5.41, 5.74) is 8.01. The molecule has 0 saturated carbocycles. The predicted octanol–water partition coefficient (Wildman–Crippen LogP) is 1.99. The number of hydrogen-bond acceptors (Lipinski definition) is 5. The van der Waals surface area contributed by atoms with Crippen molar-refractivity contribution < 1.29 is 12.8 Å². The molecule has 0 aliphatic heterocycles. The molecule has 5 nitrogen and oxygen atoms in total. The maximum Gasteiger partial charge on any atom is 0.243 e. The minimum atomic E-state index is -3.78. The summed E-state index contributed by atoms with van der Waals surface area (Å²) in [7, 11) is -2.34. The first-order valence-corrected chi connectivity index (χ1v) is 8.04. The lowest BCUT2D eigenvalue weighted by atomic mass is 10.3. The number of nitrogens with zero attached hydrogens (tertiary/aromatic N) is 2. The number of anilines is 1. The Hall–Kier alpha value is -1.51. The highest BCUT2D eigenvalue weighted by atomic mass is 32.2. The van der Waals surface area contributed by atoms with Gasteiger partial charge in [0, 0.05) is 24.2 Å². The number of thiazole rings is 1. The summed E-state index contributed by atoms with van der Waals surface area (Å²) < 4.78 is 39.2. The number of nitrogen functional groups attached to an aromatic ring is 1. The Balaban J connectivity index is 2.32. The van der Waals surface area contributed by atoms with E-state index < -0.39 is 15.8 Å². The quantitative estimate of drug-likeness (QED) is 0.876. The third kappa shape index (κ3) is 2.97. The van der Waals surface area contributed by atoms with Crippen LogP contribution in [0.2, 0.25) is 0 Å². The van der Waals surface area contributed by atoms with E-state index >= 15 is 0 Å². The number of aryl methyl sites for hydroxylation is 1. The van der Waals surface area contributed by atoms with Crippen molar-refractivity contribution in [1.29, 1.82) is 0 Å². The molecule has 2 rings (SSSR count). The monoisotopic (exact) mass is 315 g/mol. The van der Waals surface area contributed by atoms with E-state index in [1.165, 1.54) is 24.5 Å². The summed E-state index contributed by atoms with van der Waals surface area (Å²) in [6, 6.07) is 3.28. The van der Waals surface area contributed by atoms with Crippen LogP contribution in [0.15, 0.2) is 28.6 Å². The Morgan fingerprint density at radius 2 is 2.10 bits per heavy atom. The number of hydrogen-bond donors (Lipinski definition) is 1. The molecule has 0 amide bonds. The van der Waals surface area contributed by atoms with E-state index in [0.29, 0.717) is 0 Å². The van der Waals surface area contributed by atoms with E-state index in [0.717, 1.165) is 27.0 Å². The number of aromatic nitrogens is 1. The SMILES string of the molecule is Cc1ncsc1CN(C)S(=O)(=O)c1cc(N)cc(F)c1. The number of benzene rings is 1. The molecule has 0 aliphatic carbocycles. The van der Waals surface area contributed by atoms with Crippen molar-refractivity contribution in [3.05, 3.63) is 40.1 Å². The maximum absolute atomic E-state index is 13.3. The van der Waals surface area contributed by atoms with Crippen LogP contribution in [0.1, 0.15) is 10.6 Å². The average molecular weight is 315 g/mol. The first kappa shape index (κ1) is 14.9. The van der Waals surface area contributed by atoms with E-state index in [9.17, 15) is 12.8 Å². The van der Waals surface area contributed by atoms with Crippen molar-refractivity contribution >= 4 is 27.0 Å². The maximum atomic E-state index is 13.3. The van der Waals surface area contributed by atoms with E-state index in [4.69, 9.17) is 5.73 Å². The highest BCUT2D eigenvalue weighted by Crippen LogP contribution is 2.22. The zero-order valence-electron chi connectivity index (χ0n) is 11.0. The van der Waals surface area contributed by atoms with Crippen LogP contribution in [0.25, 0.3) is 0 Å². The molecule has 20 heavy (non-hydrogen) atoms. The second-order valence-corrected chi connectivity index (χ2v) is 7.33. The largest absolute Gasteiger partial charge is 0.399 e. The second kappa shape index (κ2) is 5.47. The Bertz CT molecular complexity index is 708. The van der Waals surface area contributed by atoms with Crippen LogP contribution in [0.4, 0.5) is 10.1 Å². The van der Waals surface area contributed by atoms with Gasteiger partial charge in [-0.15, -0.1) is 11.3 Å². The van der Waals surface area contributed by atoms with Gasteiger partial charge in [-0.25, -0.2) is 17.8 Å². The van der Waals surface area contributed by atoms with Crippen LogP contribution in [-0.4, -0.2) is 24.8 Å². The smallest absolute Gasteiger partial charge is 0.243 e. The van der Waals surface area contributed by atoms with Gasteiger partial charge in [0.15, 0.2) is 0 Å². The molecule has 0 spiro atoms. The molecule has 0 bridgehead atoms. The molecular formula is C12H14FN3O2S2.